The lowest BCUT2D eigenvalue weighted by Crippen LogP contribution is -2.06. The van der Waals surface area contributed by atoms with E-state index in [2.05, 4.69) is 0 Å². The maximum absolute atomic E-state index is 12.9. The summed E-state index contributed by atoms with van der Waals surface area (Å²) in [6, 6.07) is 10.4. The van der Waals surface area contributed by atoms with Gasteiger partial charge in [-0.25, -0.2) is 0 Å². The highest BCUT2D eigenvalue weighted by atomic mass is 16.5. The summed E-state index contributed by atoms with van der Waals surface area (Å²) in [7, 11) is 0. The van der Waals surface area contributed by atoms with Gasteiger partial charge in [0.05, 0.1) is 26.4 Å². The van der Waals surface area contributed by atoms with Gasteiger partial charge in [0.25, 0.3) is 0 Å². The highest BCUT2D eigenvalue weighted by Gasteiger charge is 2.16. The van der Waals surface area contributed by atoms with Crippen LogP contribution < -0.4 is 18.9 Å². The van der Waals surface area contributed by atoms with Gasteiger partial charge in [-0.1, -0.05) is 0 Å². The lowest BCUT2D eigenvalue weighted by Gasteiger charge is -2.14. The SMILES string of the molecule is CCOc1ccc(C(=O)c2ccc(OCC)c(OCC)c2)cc1OCC. The molecule has 2 aromatic rings. The maximum atomic E-state index is 12.9. The lowest BCUT2D eigenvalue weighted by atomic mass is 10.0. The molecule has 0 atom stereocenters. The molecule has 0 N–H and O–H groups in total. The van der Waals surface area contributed by atoms with E-state index in [0.717, 1.165) is 0 Å². The topological polar surface area (TPSA) is 54.0 Å². The summed E-state index contributed by atoms with van der Waals surface area (Å²) >= 11 is 0. The van der Waals surface area contributed by atoms with Crippen molar-refractivity contribution in [3.05, 3.63) is 47.5 Å². The molecule has 0 fully saturated rings. The molecule has 0 aliphatic carbocycles. The van der Waals surface area contributed by atoms with Crippen LogP contribution in [0.1, 0.15) is 43.6 Å². The van der Waals surface area contributed by atoms with Crippen molar-refractivity contribution in [2.75, 3.05) is 26.4 Å². The molecule has 5 heteroatoms. The van der Waals surface area contributed by atoms with E-state index in [0.29, 0.717) is 60.6 Å². The van der Waals surface area contributed by atoms with Crippen LogP contribution in [-0.4, -0.2) is 32.2 Å². The van der Waals surface area contributed by atoms with Crippen molar-refractivity contribution in [1.82, 2.24) is 0 Å². The minimum Gasteiger partial charge on any atom is -0.490 e. The number of hydrogen-bond acceptors (Lipinski definition) is 5. The molecule has 140 valence electrons. The molecule has 0 heterocycles. The normalized spacial score (nSPS) is 10.3. The van der Waals surface area contributed by atoms with Crippen molar-refractivity contribution in [2.24, 2.45) is 0 Å². The monoisotopic (exact) mass is 358 g/mol. The molecule has 0 aliphatic rings. The zero-order valence-corrected chi connectivity index (χ0v) is 15.8. The summed E-state index contributed by atoms with van der Waals surface area (Å²) in [6.45, 7) is 9.66. The van der Waals surface area contributed by atoms with E-state index >= 15 is 0 Å². The van der Waals surface area contributed by atoms with Crippen LogP contribution in [0.3, 0.4) is 0 Å². The van der Waals surface area contributed by atoms with Gasteiger partial charge in [-0.2, -0.15) is 0 Å². The molecule has 0 amide bonds. The number of carbonyl (C=O) groups excluding carboxylic acids is 1. The van der Waals surface area contributed by atoms with Gasteiger partial charge in [-0.3, -0.25) is 4.79 Å². The van der Waals surface area contributed by atoms with E-state index in [9.17, 15) is 4.79 Å². The molecule has 5 nitrogen and oxygen atoms in total. The molecular weight excluding hydrogens is 332 g/mol. The fourth-order valence-corrected chi connectivity index (χ4v) is 2.55. The highest BCUT2D eigenvalue weighted by molar-refractivity contribution is 6.09. The van der Waals surface area contributed by atoms with Gasteiger partial charge in [0.2, 0.25) is 0 Å². The first-order chi connectivity index (χ1) is 12.6. The molecule has 0 saturated heterocycles. The quantitative estimate of drug-likeness (QED) is 0.585. The van der Waals surface area contributed by atoms with E-state index in [1.807, 2.05) is 27.7 Å². The van der Waals surface area contributed by atoms with Gasteiger partial charge in [0.15, 0.2) is 28.8 Å². The maximum Gasteiger partial charge on any atom is 0.193 e. The minimum atomic E-state index is -0.113. The zero-order chi connectivity index (χ0) is 18.9. The largest absolute Gasteiger partial charge is 0.490 e. The van der Waals surface area contributed by atoms with Crippen LogP contribution in [0.15, 0.2) is 36.4 Å². The minimum absolute atomic E-state index is 0.113. The molecule has 2 rings (SSSR count). The van der Waals surface area contributed by atoms with E-state index in [1.54, 1.807) is 36.4 Å². The summed E-state index contributed by atoms with van der Waals surface area (Å²) in [5.41, 5.74) is 1.06. The van der Waals surface area contributed by atoms with Crippen molar-refractivity contribution in [2.45, 2.75) is 27.7 Å². The molecule has 0 unspecified atom stereocenters. The first-order valence-corrected chi connectivity index (χ1v) is 8.98. The first-order valence-electron chi connectivity index (χ1n) is 8.98. The van der Waals surface area contributed by atoms with Crippen LogP contribution >= 0.6 is 0 Å². The van der Waals surface area contributed by atoms with Gasteiger partial charge in [-0.05, 0) is 64.1 Å². The zero-order valence-electron chi connectivity index (χ0n) is 15.8. The highest BCUT2D eigenvalue weighted by Crippen LogP contribution is 2.32. The third kappa shape index (κ3) is 4.69. The lowest BCUT2D eigenvalue weighted by molar-refractivity contribution is 0.103. The smallest absolute Gasteiger partial charge is 0.193 e. The van der Waals surface area contributed by atoms with Crippen LogP contribution in [0.2, 0.25) is 0 Å². The standard InChI is InChI=1S/C21H26O5/c1-5-23-17-11-9-15(13-19(17)25-7-3)21(22)16-10-12-18(24-6-2)20(14-16)26-8-4/h9-14H,5-8H2,1-4H3. The van der Waals surface area contributed by atoms with Gasteiger partial charge in [0.1, 0.15) is 0 Å². The van der Waals surface area contributed by atoms with Gasteiger partial charge in [-0.15, -0.1) is 0 Å². The summed E-state index contributed by atoms with van der Waals surface area (Å²) < 4.78 is 22.3. The third-order valence-corrected chi connectivity index (χ3v) is 3.61. The van der Waals surface area contributed by atoms with E-state index in [1.165, 1.54) is 0 Å². The Morgan fingerprint density at radius 2 is 0.962 bits per heavy atom. The summed E-state index contributed by atoms with van der Waals surface area (Å²) in [5, 5.41) is 0. The van der Waals surface area contributed by atoms with Crippen molar-refractivity contribution < 1.29 is 23.7 Å². The predicted molar refractivity (Wildman–Crippen MR) is 101 cm³/mol. The second-order valence-corrected chi connectivity index (χ2v) is 5.38. The molecule has 0 aromatic heterocycles. The Morgan fingerprint density at radius 3 is 1.31 bits per heavy atom. The second kappa shape index (κ2) is 9.70. The van der Waals surface area contributed by atoms with E-state index < -0.39 is 0 Å². The Balaban J connectivity index is 2.35. The number of carbonyl (C=O) groups is 1. The number of rotatable bonds is 10. The molecule has 26 heavy (non-hydrogen) atoms. The number of ether oxygens (including phenoxy) is 4. The van der Waals surface area contributed by atoms with Crippen LogP contribution in [-0.2, 0) is 0 Å². The van der Waals surface area contributed by atoms with Crippen LogP contribution in [0, 0.1) is 0 Å². The second-order valence-electron chi connectivity index (χ2n) is 5.38. The van der Waals surface area contributed by atoms with Crippen LogP contribution in [0.4, 0.5) is 0 Å². The average molecular weight is 358 g/mol. The van der Waals surface area contributed by atoms with Gasteiger partial charge < -0.3 is 18.9 Å². The van der Waals surface area contributed by atoms with Crippen LogP contribution in [0.5, 0.6) is 23.0 Å². The Labute approximate surface area is 154 Å². The first kappa shape index (κ1) is 19.6. The average Bonchev–Trinajstić information content (AvgIpc) is 2.65. The third-order valence-electron chi connectivity index (χ3n) is 3.61. The Kier molecular flexibility index (Phi) is 7.33. The summed E-state index contributed by atoms with van der Waals surface area (Å²) in [4.78, 5) is 12.9. The molecule has 0 saturated carbocycles. The van der Waals surface area contributed by atoms with Gasteiger partial charge >= 0.3 is 0 Å². The van der Waals surface area contributed by atoms with E-state index in [4.69, 9.17) is 18.9 Å². The van der Waals surface area contributed by atoms with Crippen molar-refractivity contribution in [1.29, 1.82) is 0 Å². The molecular formula is C21H26O5. The molecule has 2 aromatic carbocycles. The number of ketones is 1. The number of hydrogen-bond donors (Lipinski definition) is 0. The molecule has 0 spiro atoms. The van der Waals surface area contributed by atoms with Crippen molar-refractivity contribution >= 4 is 5.78 Å². The summed E-state index contributed by atoms with van der Waals surface area (Å²) in [6.07, 6.45) is 0. The molecule has 0 aliphatic heterocycles. The van der Waals surface area contributed by atoms with Crippen LogP contribution in [0.25, 0.3) is 0 Å². The fraction of sp³-hybridized carbons (Fsp3) is 0.381. The Morgan fingerprint density at radius 1 is 0.615 bits per heavy atom. The van der Waals surface area contributed by atoms with Crippen molar-refractivity contribution in [3.63, 3.8) is 0 Å². The van der Waals surface area contributed by atoms with Crippen molar-refractivity contribution in [3.8, 4) is 23.0 Å². The predicted octanol–water partition coefficient (Wildman–Crippen LogP) is 4.51. The van der Waals surface area contributed by atoms with E-state index in [-0.39, 0.29) is 5.78 Å². The molecule has 0 bridgehead atoms. The molecule has 0 radical (unpaired) electrons. The number of benzene rings is 2. The summed E-state index contributed by atoms with van der Waals surface area (Å²) in [5.74, 6) is 2.28. The van der Waals surface area contributed by atoms with Gasteiger partial charge in [0, 0.05) is 11.1 Å². The fourth-order valence-electron chi connectivity index (χ4n) is 2.55. The Bertz CT molecular complexity index is 678. The Hall–Kier alpha value is -2.69.